The molecule has 1 atom stereocenters. The molecule has 0 radical (unpaired) electrons. The van der Waals surface area contributed by atoms with E-state index in [2.05, 4.69) is 31.4 Å². The molecule has 0 fully saturated rings. The molecule has 1 amide bonds. The Hall–Kier alpha value is -1.63. The summed E-state index contributed by atoms with van der Waals surface area (Å²) < 4.78 is 4.46. The Morgan fingerprint density at radius 3 is 2.76 bits per heavy atom. The standard InChI is InChI=1S/C14H20BrN5O/c1-3-13(20-10-12(15)8-18-20)14(21)16-5-4-6-19-9-11(2)7-17-19/h7-10,13H,3-6H2,1-2H3,(H,16,21). The van der Waals surface area contributed by atoms with E-state index in [4.69, 9.17) is 0 Å². The van der Waals surface area contributed by atoms with Crippen molar-refractivity contribution in [3.8, 4) is 0 Å². The van der Waals surface area contributed by atoms with E-state index in [9.17, 15) is 4.79 Å². The second-order valence-electron chi connectivity index (χ2n) is 4.99. The Bertz CT molecular complexity index is 592. The number of nitrogens with one attached hydrogen (secondary N) is 1. The highest BCUT2D eigenvalue weighted by Crippen LogP contribution is 2.14. The molecule has 0 saturated carbocycles. The van der Waals surface area contributed by atoms with Crippen LogP contribution in [0, 0.1) is 6.92 Å². The Morgan fingerprint density at radius 1 is 1.38 bits per heavy atom. The first-order chi connectivity index (χ1) is 10.1. The maximum atomic E-state index is 12.2. The Labute approximate surface area is 132 Å². The summed E-state index contributed by atoms with van der Waals surface area (Å²) in [4.78, 5) is 12.2. The van der Waals surface area contributed by atoms with Crippen molar-refractivity contribution in [2.75, 3.05) is 6.54 Å². The second-order valence-corrected chi connectivity index (χ2v) is 5.90. The Morgan fingerprint density at radius 2 is 2.19 bits per heavy atom. The van der Waals surface area contributed by atoms with Crippen LogP contribution in [0.2, 0.25) is 0 Å². The lowest BCUT2D eigenvalue weighted by atomic mass is 10.2. The molecule has 0 saturated heterocycles. The third kappa shape index (κ3) is 4.42. The highest BCUT2D eigenvalue weighted by Gasteiger charge is 2.18. The van der Waals surface area contributed by atoms with Crippen LogP contribution in [0.5, 0.6) is 0 Å². The maximum Gasteiger partial charge on any atom is 0.244 e. The van der Waals surface area contributed by atoms with Crippen LogP contribution in [0.15, 0.2) is 29.3 Å². The van der Waals surface area contributed by atoms with E-state index in [-0.39, 0.29) is 11.9 Å². The summed E-state index contributed by atoms with van der Waals surface area (Å²) in [5.74, 6) is 0.00439. The van der Waals surface area contributed by atoms with Crippen LogP contribution < -0.4 is 5.32 Å². The third-order valence-electron chi connectivity index (χ3n) is 3.20. The van der Waals surface area contributed by atoms with Gasteiger partial charge in [-0.1, -0.05) is 6.92 Å². The molecule has 6 nitrogen and oxygen atoms in total. The van der Waals surface area contributed by atoms with E-state index in [0.717, 1.165) is 23.0 Å². The van der Waals surface area contributed by atoms with Crippen molar-refractivity contribution in [1.29, 1.82) is 0 Å². The predicted molar refractivity (Wildman–Crippen MR) is 83.8 cm³/mol. The smallest absolute Gasteiger partial charge is 0.244 e. The topological polar surface area (TPSA) is 64.7 Å². The minimum Gasteiger partial charge on any atom is -0.354 e. The van der Waals surface area contributed by atoms with Gasteiger partial charge < -0.3 is 5.32 Å². The molecule has 1 unspecified atom stereocenters. The van der Waals surface area contributed by atoms with E-state index < -0.39 is 0 Å². The molecule has 0 bridgehead atoms. The summed E-state index contributed by atoms with van der Waals surface area (Å²) >= 11 is 3.35. The summed E-state index contributed by atoms with van der Waals surface area (Å²) in [6, 6.07) is -0.261. The fourth-order valence-corrected chi connectivity index (χ4v) is 2.44. The summed E-state index contributed by atoms with van der Waals surface area (Å²) in [5.41, 5.74) is 1.15. The van der Waals surface area contributed by atoms with Crippen molar-refractivity contribution in [1.82, 2.24) is 24.9 Å². The molecular formula is C14H20BrN5O. The van der Waals surface area contributed by atoms with Gasteiger partial charge in [0.25, 0.3) is 0 Å². The van der Waals surface area contributed by atoms with Gasteiger partial charge in [0.1, 0.15) is 6.04 Å². The summed E-state index contributed by atoms with van der Waals surface area (Å²) in [7, 11) is 0. The SMILES string of the molecule is CCC(C(=O)NCCCn1cc(C)cn1)n1cc(Br)cn1. The molecule has 1 N–H and O–H groups in total. The van der Waals surface area contributed by atoms with E-state index >= 15 is 0 Å². The largest absolute Gasteiger partial charge is 0.354 e. The predicted octanol–water partition coefficient (Wildman–Crippen LogP) is 2.31. The van der Waals surface area contributed by atoms with E-state index in [1.807, 2.05) is 37.1 Å². The molecule has 0 aromatic carbocycles. The van der Waals surface area contributed by atoms with Crippen molar-refractivity contribution in [3.63, 3.8) is 0 Å². The van der Waals surface area contributed by atoms with Crippen LogP contribution in [-0.2, 0) is 11.3 Å². The van der Waals surface area contributed by atoms with Crippen LogP contribution in [0.3, 0.4) is 0 Å². The molecular weight excluding hydrogens is 334 g/mol. The maximum absolute atomic E-state index is 12.2. The van der Waals surface area contributed by atoms with Crippen LogP contribution in [0.25, 0.3) is 0 Å². The molecule has 2 heterocycles. The van der Waals surface area contributed by atoms with Crippen LogP contribution in [0.1, 0.15) is 31.4 Å². The monoisotopic (exact) mass is 353 g/mol. The highest BCUT2D eigenvalue weighted by molar-refractivity contribution is 9.10. The molecule has 2 aromatic rings. The number of aryl methyl sites for hydroxylation is 2. The molecule has 2 rings (SSSR count). The molecule has 114 valence electrons. The van der Waals surface area contributed by atoms with Crippen molar-refractivity contribution in [2.24, 2.45) is 0 Å². The van der Waals surface area contributed by atoms with Crippen molar-refractivity contribution in [3.05, 3.63) is 34.8 Å². The van der Waals surface area contributed by atoms with E-state index in [0.29, 0.717) is 13.0 Å². The van der Waals surface area contributed by atoms with Gasteiger partial charge in [-0.05, 0) is 41.3 Å². The van der Waals surface area contributed by atoms with Gasteiger partial charge in [-0.15, -0.1) is 0 Å². The summed E-state index contributed by atoms with van der Waals surface area (Å²) in [6.07, 6.45) is 8.90. The summed E-state index contributed by atoms with van der Waals surface area (Å²) in [6.45, 7) is 5.43. The first-order valence-corrected chi connectivity index (χ1v) is 7.86. The lowest BCUT2D eigenvalue weighted by molar-refractivity contribution is -0.124. The Balaban J connectivity index is 1.77. The zero-order chi connectivity index (χ0) is 15.2. The van der Waals surface area contributed by atoms with E-state index in [1.165, 1.54) is 0 Å². The molecule has 7 heteroatoms. The number of hydrogen-bond acceptors (Lipinski definition) is 3. The molecule has 0 aliphatic rings. The van der Waals surface area contributed by atoms with Gasteiger partial charge in [0.15, 0.2) is 0 Å². The number of hydrogen-bond donors (Lipinski definition) is 1. The zero-order valence-corrected chi connectivity index (χ0v) is 13.9. The minimum absolute atomic E-state index is 0.00439. The lowest BCUT2D eigenvalue weighted by Crippen LogP contribution is -2.33. The lowest BCUT2D eigenvalue weighted by Gasteiger charge is -2.15. The first kappa shape index (κ1) is 15.8. The quantitative estimate of drug-likeness (QED) is 0.776. The van der Waals surface area contributed by atoms with Gasteiger partial charge >= 0.3 is 0 Å². The highest BCUT2D eigenvalue weighted by atomic mass is 79.9. The number of carbonyl (C=O) groups is 1. The minimum atomic E-state index is -0.261. The average molecular weight is 354 g/mol. The van der Waals surface area contributed by atoms with Crippen LogP contribution in [0.4, 0.5) is 0 Å². The fraction of sp³-hybridized carbons (Fsp3) is 0.500. The second kappa shape index (κ2) is 7.40. The third-order valence-corrected chi connectivity index (χ3v) is 3.61. The molecule has 0 spiro atoms. The number of rotatable bonds is 7. The van der Waals surface area contributed by atoms with Crippen LogP contribution >= 0.6 is 15.9 Å². The number of nitrogens with zero attached hydrogens (tertiary/aromatic N) is 4. The Kier molecular flexibility index (Phi) is 5.55. The van der Waals surface area contributed by atoms with Crippen molar-refractivity contribution >= 4 is 21.8 Å². The first-order valence-electron chi connectivity index (χ1n) is 7.06. The molecule has 0 aliphatic carbocycles. The summed E-state index contributed by atoms with van der Waals surface area (Å²) in [5, 5.41) is 11.4. The molecule has 2 aromatic heterocycles. The van der Waals surface area contributed by atoms with Gasteiger partial charge in [-0.25, -0.2) is 0 Å². The molecule has 0 aliphatic heterocycles. The van der Waals surface area contributed by atoms with Crippen molar-refractivity contribution < 1.29 is 4.79 Å². The van der Waals surface area contributed by atoms with Gasteiger partial charge in [-0.3, -0.25) is 14.2 Å². The number of amides is 1. The number of aromatic nitrogens is 4. The van der Waals surface area contributed by atoms with Gasteiger partial charge in [0, 0.05) is 25.5 Å². The normalized spacial score (nSPS) is 12.3. The van der Waals surface area contributed by atoms with Gasteiger partial charge in [-0.2, -0.15) is 10.2 Å². The molecule has 21 heavy (non-hydrogen) atoms. The fourth-order valence-electron chi connectivity index (χ4n) is 2.14. The van der Waals surface area contributed by atoms with Crippen LogP contribution in [-0.4, -0.2) is 32.0 Å². The zero-order valence-electron chi connectivity index (χ0n) is 12.3. The van der Waals surface area contributed by atoms with Crippen molar-refractivity contribution in [2.45, 2.75) is 39.3 Å². The van der Waals surface area contributed by atoms with Gasteiger partial charge in [0.2, 0.25) is 5.91 Å². The number of carbonyl (C=O) groups excluding carboxylic acids is 1. The number of halogens is 1. The van der Waals surface area contributed by atoms with E-state index in [1.54, 1.807) is 10.9 Å². The van der Waals surface area contributed by atoms with Gasteiger partial charge in [0.05, 0.1) is 16.9 Å². The average Bonchev–Trinajstić information content (AvgIpc) is 3.05.